The van der Waals surface area contributed by atoms with Crippen LogP contribution in [0.4, 0.5) is 5.82 Å². The van der Waals surface area contributed by atoms with Gasteiger partial charge in [-0.1, -0.05) is 44.0 Å². The fourth-order valence-electron chi connectivity index (χ4n) is 1.63. The van der Waals surface area contributed by atoms with Crippen molar-refractivity contribution in [2.24, 2.45) is 0 Å². The largest absolute Gasteiger partial charge is 0.384 e. The Balaban J connectivity index is 2.54. The van der Waals surface area contributed by atoms with Crippen LogP contribution >= 0.6 is 23.2 Å². The molecular weight excluding hydrogens is 269 g/mol. The van der Waals surface area contributed by atoms with Crippen LogP contribution in [0.25, 0.3) is 5.69 Å². The Labute approximate surface area is 117 Å². The molecule has 0 saturated carbocycles. The van der Waals surface area contributed by atoms with Gasteiger partial charge in [0.2, 0.25) is 0 Å². The van der Waals surface area contributed by atoms with Gasteiger partial charge in [-0.2, -0.15) is 5.10 Å². The average Bonchev–Trinajstić information content (AvgIpc) is 2.58. The van der Waals surface area contributed by atoms with E-state index in [0.717, 1.165) is 11.4 Å². The SMILES string of the molecule is CC(C)(C)c1cc(N)n(-c2cc(Cl)cc(Cl)c2)n1. The Bertz CT molecular complexity index is 562. The van der Waals surface area contributed by atoms with Crippen LogP contribution in [0.15, 0.2) is 24.3 Å². The first-order chi connectivity index (χ1) is 8.27. The predicted octanol–water partition coefficient (Wildman–Crippen LogP) is 4.06. The van der Waals surface area contributed by atoms with Gasteiger partial charge in [0.1, 0.15) is 5.82 Å². The van der Waals surface area contributed by atoms with E-state index in [4.69, 9.17) is 28.9 Å². The highest BCUT2D eigenvalue weighted by Gasteiger charge is 2.19. The van der Waals surface area contributed by atoms with E-state index in [9.17, 15) is 0 Å². The maximum Gasteiger partial charge on any atom is 0.127 e. The molecule has 3 nitrogen and oxygen atoms in total. The standard InChI is InChI=1S/C13H15Cl2N3/c1-13(2,3)11-7-12(16)18(17-11)10-5-8(14)4-9(15)6-10/h4-7H,16H2,1-3H3. The highest BCUT2D eigenvalue weighted by atomic mass is 35.5. The molecule has 1 aromatic carbocycles. The lowest BCUT2D eigenvalue weighted by molar-refractivity contribution is 0.560. The summed E-state index contributed by atoms with van der Waals surface area (Å²) in [5.74, 6) is 0.568. The molecule has 1 aromatic heterocycles. The predicted molar refractivity (Wildman–Crippen MR) is 76.7 cm³/mol. The smallest absolute Gasteiger partial charge is 0.127 e. The zero-order valence-electron chi connectivity index (χ0n) is 10.5. The van der Waals surface area contributed by atoms with E-state index in [1.54, 1.807) is 22.9 Å². The number of hydrogen-bond donors (Lipinski definition) is 1. The second kappa shape index (κ2) is 4.48. The molecule has 0 aliphatic carbocycles. The Hall–Kier alpha value is -1.19. The van der Waals surface area contributed by atoms with E-state index in [1.807, 2.05) is 6.07 Å². The number of nitrogens with zero attached hydrogens (tertiary/aromatic N) is 2. The maximum absolute atomic E-state index is 5.98. The van der Waals surface area contributed by atoms with E-state index >= 15 is 0 Å². The third kappa shape index (κ3) is 2.62. The topological polar surface area (TPSA) is 43.8 Å². The summed E-state index contributed by atoms with van der Waals surface area (Å²) in [7, 11) is 0. The van der Waals surface area contributed by atoms with Crippen molar-refractivity contribution in [2.75, 3.05) is 5.73 Å². The minimum absolute atomic E-state index is 0.0538. The van der Waals surface area contributed by atoms with Gasteiger partial charge in [0.05, 0.1) is 11.4 Å². The summed E-state index contributed by atoms with van der Waals surface area (Å²) >= 11 is 12.0. The van der Waals surface area contributed by atoms with E-state index in [0.29, 0.717) is 15.9 Å². The summed E-state index contributed by atoms with van der Waals surface area (Å²) in [4.78, 5) is 0. The normalized spacial score (nSPS) is 11.8. The molecule has 2 rings (SSSR count). The minimum atomic E-state index is -0.0538. The molecule has 0 atom stereocenters. The Morgan fingerprint density at radius 3 is 2.06 bits per heavy atom. The molecule has 1 heterocycles. The van der Waals surface area contributed by atoms with Gasteiger partial charge in [0, 0.05) is 21.5 Å². The maximum atomic E-state index is 5.98. The van der Waals surface area contributed by atoms with Crippen molar-refractivity contribution in [3.8, 4) is 5.69 Å². The summed E-state index contributed by atoms with van der Waals surface area (Å²) in [5, 5.41) is 5.63. The number of aromatic nitrogens is 2. The Morgan fingerprint density at radius 1 is 1.06 bits per heavy atom. The Kier molecular flexibility index (Phi) is 3.30. The van der Waals surface area contributed by atoms with Crippen molar-refractivity contribution in [1.82, 2.24) is 9.78 Å². The van der Waals surface area contributed by atoms with Crippen molar-refractivity contribution in [3.63, 3.8) is 0 Å². The van der Waals surface area contributed by atoms with Crippen molar-refractivity contribution in [3.05, 3.63) is 40.0 Å². The number of hydrogen-bond acceptors (Lipinski definition) is 2. The van der Waals surface area contributed by atoms with Crippen LogP contribution in [0, 0.1) is 0 Å². The van der Waals surface area contributed by atoms with Crippen LogP contribution in [-0.4, -0.2) is 9.78 Å². The number of nitrogens with two attached hydrogens (primary N) is 1. The molecule has 18 heavy (non-hydrogen) atoms. The summed E-state index contributed by atoms with van der Waals surface area (Å²) in [6.07, 6.45) is 0. The summed E-state index contributed by atoms with van der Waals surface area (Å²) in [5.41, 5.74) is 7.62. The fourth-order valence-corrected chi connectivity index (χ4v) is 2.14. The van der Waals surface area contributed by atoms with Gasteiger partial charge in [0.25, 0.3) is 0 Å². The number of rotatable bonds is 1. The highest BCUT2D eigenvalue weighted by Crippen LogP contribution is 2.27. The zero-order chi connectivity index (χ0) is 13.5. The molecule has 0 fully saturated rings. The molecule has 0 bridgehead atoms. The molecule has 0 aliphatic heterocycles. The first kappa shape index (κ1) is 13.2. The lowest BCUT2D eigenvalue weighted by Gasteiger charge is -2.14. The van der Waals surface area contributed by atoms with Gasteiger partial charge in [-0.3, -0.25) is 0 Å². The molecular formula is C13H15Cl2N3. The number of nitrogen functional groups attached to an aromatic ring is 1. The Morgan fingerprint density at radius 2 is 1.61 bits per heavy atom. The number of benzene rings is 1. The van der Waals surface area contributed by atoms with Crippen molar-refractivity contribution in [2.45, 2.75) is 26.2 Å². The van der Waals surface area contributed by atoms with Gasteiger partial charge in [-0.25, -0.2) is 4.68 Å². The lowest BCUT2D eigenvalue weighted by Crippen LogP contribution is -2.12. The number of anilines is 1. The molecule has 0 radical (unpaired) electrons. The second-order valence-corrected chi connectivity index (χ2v) is 6.12. The van der Waals surface area contributed by atoms with Crippen LogP contribution < -0.4 is 5.73 Å². The molecule has 96 valence electrons. The average molecular weight is 284 g/mol. The molecule has 0 spiro atoms. The van der Waals surface area contributed by atoms with Crippen LogP contribution in [-0.2, 0) is 5.41 Å². The van der Waals surface area contributed by atoms with Gasteiger partial charge in [0.15, 0.2) is 0 Å². The second-order valence-electron chi connectivity index (χ2n) is 5.24. The van der Waals surface area contributed by atoms with E-state index < -0.39 is 0 Å². The number of halogens is 2. The summed E-state index contributed by atoms with van der Waals surface area (Å²) < 4.78 is 1.65. The fraction of sp³-hybridized carbons (Fsp3) is 0.308. The van der Waals surface area contributed by atoms with Crippen molar-refractivity contribution in [1.29, 1.82) is 0 Å². The van der Waals surface area contributed by atoms with Gasteiger partial charge >= 0.3 is 0 Å². The first-order valence-corrected chi connectivity index (χ1v) is 6.35. The third-order valence-corrected chi connectivity index (χ3v) is 3.03. The minimum Gasteiger partial charge on any atom is -0.384 e. The van der Waals surface area contributed by atoms with Crippen LogP contribution in [0.5, 0.6) is 0 Å². The van der Waals surface area contributed by atoms with Gasteiger partial charge < -0.3 is 5.73 Å². The van der Waals surface area contributed by atoms with E-state index in [-0.39, 0.29) is 5.41 Å². The lowest BCUT2D eigenvalue weighted by atomic mass is 9.92. The third-order valence-electron chi connectivity index (χ3n) is 2.60. The van der Waals surface area contributed by atoms with Crippen molar-refractivity contribution < 1.29 is 0 Å². The monoisotopic (exact) mass is 283 g/mol. The molecule has 2 N–H and O–H groups in total. The highest BCUT2D eigenvalue weighted by molar-refractivity contribution is 6.34. The van der Waals surface area contributed by atoms with E-state index in [1.165, 1.54) is 0 Å². The summed E-state index contributed by atoms with van der Waals surface area (Å²) in [6.45, 7) is 6.26. The quantitative estimate of drug-likeness (QED) is 0.858. The molecule has 0 aliphatic rings. The van der Waals surface area contributed by atoms with Crippen LogP contribution in [0.1, 0.15) is 26.5 Å². The van der Waals surface area contributed by atoms with E-state index in [2.05, 4.69) is 25.9 Å². The van der Waals surface area contributed by atoms with Crippen LogP contribution in [0.3, 0.4) is 0 Å². The summed E-state index contributed by atoms with van der Waals surface area (Å²) in [6, 6.07) is 7.11. The molecule has 0 amide bonds. The van der Waals surface area contributed by atoms with Gasteiger partial charge in [-0.05, 0) is 18.2 Å². The molecule has 0 unspecified atom stereocenters. The zero-order valence-corrected chi connectivity index (χ0v) is 12.0. The molecule has 5 heteroatoms. The van der Waals surface area contributed by atoms with Gasteiger partial charge in [-0.15, -0.1) is 0 Å². The first-order valence-electron chi connectivity index (χ1n) is 5.60. The van der Waals surface area contributed by atoms with Crippen LogP contribution in [0.2, 0.25) is 10.0 Å². The molecule has 0 saturated heterocycles. The van der Waals surface area contributed by atoms with Crippen molar-refractivity contribution >= 4 is 29.0 Å². The molecule has 2 aromatic rings.